The van der Waals surface area contributed by atoms with E-state index in [9.17, 15) is 0 Å². The van der Waals surface area contributed by atoms with E-state index in [1.165, 1.54) is 5.56 Å². The third-order valence-electron chi connectivity index (χ3n) is 2.64. The van der Waals surface area contributed by atoms with Crippen molar-refractivity contribution < 1.29 is 0 Å². The van der Waals surface area contributed by atoms with E-state index < -0.39 is 0 Å². The van der Waals surface area contributed by atoms with E-state index in [0.717, 1.165) is 25.9 Å². The second-order valence-electron chi connectivity index (χ2n) is 4.82. The van der Waals surface area contributed by atoms with E-state index in [-0.39, 0.29) is 0 Å². The van der Waals surface area contributed by atoms with Crippen LogP contribution in [0.1, 0.15) is 18.9 Å². The maximum Gasteiger partial charge on any atom is 0.0225 e. The zero-order chi connectivity index (χ0) is 12.5. The van der Waals surface area contributed by atoms with E-state index in [2.05, 4.69) is 67.1 Å². The van der Waals surface area contributed by atoms with Crippen molar-refractivity contribution in [1.29, 1.82) is 0 Å². The summed E-state index contributed by atoms with van der Waals surface area (Å²) >= 11 is 0. The Morgan fingerprint density at radius 3 is 2.53 bits per heavy atom. The molecule has 0 aliphatic carbocycles. The molecular formula is C14H25N3. The van der Waals surface area contributed by atoms with Crippen molar-refractivity contribution in [3.05, 3.63) is 35.9 Å². The van der Waals surface area contributed by atoms with E-state index >= 15 is 0 Å². The Hall–Kier alpha value is -0.900. The van der Waals surface area contributed by atoms with Gasteiger partial charge in [-0.2, -0.15) is 0 Å². The third-order valence-corrected chi connectivity index (χ3v) is 2.64. The molecule has 1 aromatic carbocycles. The summed E-state index contributed by atoms with van der Waals surface area (Å²) in [4.78, 5) is 2.20. The largest absolute Gasteiger partial charge is 0.309 e. The zero-order valence-electron chi connectivity index (χ0n) is 11.2. The first-order valence-electron chi connectivity index (χ1n) is 6.35. The van der Waals surface area contributed by atoms with Crippen LogP contribution >= 0.6 is 0 Å². The fourth-order valence-corrected chi connectivity index (χ4v) is 1.75. The van der Waals surface area contributed by atoms with Gasteiger partial charge in [-0.15, -0.1) is 0 Å². The summed E-state index contributed by atoms with van der Waals surface area (Å²) in [6.45, 7) is 4.34. The Bertz CT molecular complexity index is 285. The summed E-state index contributed by atoms with van der Waals surface area (Å²) in [5, 5.41) is 0. The average Bonchev–Trinajstić information content (AvgIpc) is 2.29. The number of hydrogen-bond donors (Lipinski definition) is 2. The molecule has 0 aromatic heterocycles. The van der Waals surface area contributed by atoms with Crippen LogP contribution in [0.15, 0.2) is 30.3 Å². The van der Waals surface area contributed by atoms with Gasteiger partial charge in [-0.1, -0.05) is 30.3 Å². The predicted octanol–water partition coefficient (Wildman–Crippen LogP) is 1.66. The lowest BCUT2D eigenvalue weighted by Crippen LogP contribution is -2.41. The molecule has 0 spiro atoms. The molecule has 0 unspecified atom stereocenters. The summed E-state index contributed by atoms with van der Waals surface area (Å²) in [7, 11) is 4.21. The number of nitrogens with zero attached hydrogens (tertiary/aromatic N) is 1. The van der Waals surface area contributed by atoms with Crippen molar-refractivity contribution in [2.75, 3.05) is 27.2 Å². The molecule has 0 saturated carbocycles. The number of nitrogens with one attached hydrogen (secondary N) is 2. The maximum absolute atomic E-state index is 3.34. The molecule has 2 N–H and O–H groups in total. The Morgan fingerprint density at radius 1 is 1.18 bits per heavy atom. The topological polar surface area (TPSA) is 27.3 Å². The first kappa shape index (κ1) is 14.2. The van der Waals surface area contributed by atoms with Gasteiger partial charge in [0.2, 0.25) is 0 Å². The Balaban J connectivity index is 2.07. The number of hydrazine groups is 1. The molecule has 0 heterocycles. The normalized spacial score (nSPS) is 12.9. The first-order chi connectivity index (χ1) is 8.18. The molecule has 0 saturated heterocycles. The van der Waals surface area contributed by atoms with Crippen molar-refractivity contribution in [2.45, 2.75) is 25.8 Å². The quantitative estimate of drug-likeness (QED) is 0.530. The smallest absolute Gasteiger partial charge is 0.0225 e. The summed E-state index contributed by atoms with van der Waals surface area (Å²) in [5.74, 6) is 0. The molecule has 0 aliphatic heterocycles. The van der Waals surface area contributed by atoms with Crippen LogP contribution in [0.5, 0.6) is 0 Å². The maximum atomic E-state index is 3.34. The van der Waals surface area contributed by atoms with Crippen LogP contribution in [0.3, 0.4) is 0 Å². The standard InChI is InChI=1S/C14H25N3/c1-13(12-14-8-5-4-6-9-14)16-15-10-7-11-17(2)3/h4-6,8-9,13,15-16H,7,10-12H2,1-3H3/t13-/m1/s1. The molecule has 3 nitrogen and oxygen atoms in total. The summed E-state index contributed by atoms with van der Waals surface area (Å²) in [5.41, 5.74) is 8.00. The van der Waals surface area contributed by atoms with Crippen LogP contribution < -0.4 is 10.9 Å². The second kappa shape index (κ2) is 8.23. The van der Waals surface area contributed by atoms with Crippen LogP contribution in [0.4, 0.5) is 0 Å². The summed E-state index contributed by atoms with van der Waals surface area (Å²) < 4.78 is 0. The lowest BCUT2D eigenvalue weighted by Gasteiger charge is -2.15. The van der Waals surface area contributed by atoms with Crippen LogP contribution in [0, 0.1) is 0 Å². The predicted molar refractivity (Wildman–Crippen MR) is 73.9 cm³/mol. The van der Waals surface area contributed by atoms with Gasteiger partial charge in [0.1, 0.15) is 0 Å². The van der Waals surface area contributed by atoms with Gasteiger partial charge in [-0.25, -0.2) is 0 Å². The van der Waals surface area contributed by atoms with Gasteiger partial charge >= 0.3 is 0 Å². The van der Waals surface area contributed by atoms with Crippen molar-refractivity contribution in [3.63, 3.8) is 0 Å². The Kier molecular flexibility index (Phi) is 6.86. The minimum atomic E-state index is 0.455. The van der Waals surface area contributed by atoms with Gasteiger partial charge in [0.25, 0.3) is 0 Å². The van der Waals surface area contributed by atoms with Crippen molar-refractivity contribution in [1.82, 2.24) is 15.8 Å². The number of rotatable bonds is 8. The fourth-order valence-electron chi connectivity index (χ4n) is 1.75. The molecule has 17 heavy (non-hydrogen) atoms. The number of hydrogen-bond acceptors (Lipinski definition) is 3. The van der Waals surface area contributed by atoms with Crippen LogP contribution in [-0.2, 0) is 6.42 Å². The highest BCUT2D eigenvalue weighted by molar-refractivity contribution is 5.15. The lowest BCUT2D eigenvalue weighted by atomic mass is 10.1. The molecule has 0 bridgehead atoms. The van der Waals surface area contributed by atoms with Gasteiger partial charge in [-0.3, -0.25) is 10.9 Å². The van der Waals surface area contributed by atoms with E-state index in [0.29, 0.717) is 6.04 Å². The molecular weight excluding hydrogens is 210 g/mol. The molecule has 96 valence electrons. The highest BCUT2D eigenvalue weighted by Gasteiger charge is 2.01. The third kappa shape index (κ3) is 7.10. The Morgan fingerprint density at radius 2 is 1.88 bits per heavy atom. The van der Waals surface area contributed by atoms with E-state index in [1.54, 1.807) is 0 Å². The van der Waals surface area contributed by atoms with E-state index in [1.807, 2.05) is 0 Å². The minimum absolute atomic E-state index is 0.455. The zero-order valence-corrected chi connectivity index (χ0v) is 11.2. The SMILES string of the molecule is C[C@H](Cc1ccccc1)NNCCCN(C)C. The monoisotopic (exact) mass is 235 g/mol. The number of benzene rings is 1. The summed E-state index contributed by atoms with van der Waals surface area (Å²) in [6, 6.07) is 11.0. The van der Waals surface area contributed by atoms with Gasteiger partial charge in [0, 0.05) is 12.6 Å². The highest BCUT2D eigenvalue weighted by atomic mass is 15.4. The van der Waals surface area contributed by atoms with Crippen LogP contribution in [0.2, 0.25) is 0 Å². The van der Waals surface area contributed by atoms with Crippen LogP contribution in [0.25, 0.3) is 0 Å². The molecule has 0 radical (unpaired) electrons. The minimum Gasteiger partial charge on any atom is -0.309 e. The molecule has 1 rings (SSSR count). The molecule has 1 aromatic rings. The van der Waals surface area contributed by atoms with Gasteiger partial charge < -0.3 is 4.90 Å². The van der Waals surface area contributed by atoms with Gasteiger partial charge in [0.05, 0.1) is 0 Å². The average molecular weight is 235 g/mol. The first-order valence-corrected chi connectivity index (χ1v) is 6.35. The van der Waals surface area contributed by atoms with Crippen molar-refractivity contribution in [2.24, 2.45) is 0 Å². The molecule has 0 fully saturated rings. The molecule has 0 amide bonds. The Labute approximate surface area is 105 Å². The highest BCUT2D eigenvalue weighted by Crippen LogP contribution is 2.01. The summed E-state index contributed by atoms with van der Waals surface area (Å²) in [6.07, 6.45) is 2.22. The molecule has 1 atom stereocenters. The van der Waals surface area contributed by atoms with Gasteiger partial charge in [0.15, 0.2) is 0 Å². The molecule has 3 heteroatoms. The lowest BCUT2D eigenvalue weighted by molar-refractivity contribution is 0.375. The molecule has 0 aliphatic rings. The van der Waals surface area contributed by atoms with Crippen LogP contribution in [-0.4, -0.2) is 38.1 Å². The second-order valence-corrected chi connectivity index (χ2v) is 4.82. The van der Waals surface area contributed by atoms with Crippen molar-refractivity contribution in [3.8, 4) is 0 Å². The fraction of sp³-hybridized carbons (Fsp3) is 0.571. The van der Waals surface area contributed by atoms with E-state index in [4.69, 9.17) is 0 Å². The van der Waals surface area contributed by atoms with Gasteiger partial charge in [-0.05, 0) is 46.0 Å². The van der Waals surface area contributed by atoms with Crippen molar-refractivity contribution >= 4 is 0 Å².